The lowest BCUT2D eigenvalue weighted by Gasteiger charge is -2.45. The lowest BCUT2D eigenvalue weighted by atomic mass is 9.59. The van der Waals surface area contributed by atoms with Gasteiger partial charge in [-0.25, -0.2) is 0 Å². The maximum atomic E-state index is 13.0. The summed E-state index contributed by atoms with van der Waals surface area (Å²) in [6.45, 7) is 5.83. The third-order valence-electron chi connectivity index (χ3n) is 8.72. The molecule has 5 nitrogen and oxygen atoms in total. The second-order valence-electron chi connectivity index (χ2n) is 9.40. The first kappa shape index (κ1) is 16.4. The first-order valence-electron chi connectivity index (χ1n) is 9.41. The van der Waals surface area contributed by atoms with Gasteiger partial charge in [-0.1, -0.05) is 12.7 Å². The molecule has 4 saturated carbocycles. The molecule has 5 aliphatic carbocycles. The Labute approximate surface area is 152 Å². The zero-order valence-corrected chi connectivity index (χ0v) is 15.2. The van der Waals surface area contributed by atoms with Crippen LogP contribution in [0.15, 0.2) is 24.3 Å². The van der Waals surface area contributed by atoms with E-state index in [-0.39, 0.29) is 29.4 Å². The molecule has 0 radical (unpaired) electrons. The molecule has 138 valence electrons. The van der Waals surface area contributed by atoms with Crippen molar-refractivity contribution in [3.05, 3.63) is 24.3 Å². The number of ether oxygens (including phenoxy) is 1. The highest BCUT2D eigenvalue weighted by Crippen LogP contribution is 2.80. The zero-order valence-electron chi connectivity index (χ0n) is 15.2. The van der Waals surface area contributed by atoms with Crippen LogP contribution in [0.4, 0.5) is 0 Å². The largest absolute Gasteiger partial charge is 0.469 e. The molecule has 26 heavy (non-hydrogen) atoms. The number of fused-ring (bicyclic) bond motifs is 1. The van der Waals surface area contributed by atoms with E-state index in [9.17, 15) is 19.5 Å². The van der Waals surface area contributed by atoms with Crippen molar-refractivity contribution in [2.24, 2.45) is 34.0 Å². The van der Waals surface area contributed by atoms with Gasteiger partial charge in [0, 0.05) is 17.8 Å². The van der Waals surface area contributed by atoms with Crippen LogP contribution in [0.5, 0.6) is 0 Å². The highest BCUT2D eigenvalue weighted by molar-refractivity contribution is 6.15. The van der Waals surface area contributed by atoms with E-state index >= 15 is 0 Å². The van der Waals surface area contributed by atoms with Crippen molar-refractivity contribution in [3.63, 3.8) is 0 Å². The summed E-state index contributed by atoms with van der Waals surface area (Å²) in [7, 11) is 1.37. The highest BCUT2D eigenvalue weighted by atomic mass is 16.5. The molecule has 0 unspecified atom stereocenters. The van der Waals surface area contributed by atoms with Crippen LogP contribution in [0.3, 0.4) is 0 Å². The fraction of sp³-hybridized carbons (Fsp3) is 0.667. The molecule has 7 atom stereocenters. The standard InChI is InChI=1S/C21H24O5/c1-11-8-20-10-21(11,25)7-4-12(20)19-6-5-13(22)18(2,14(23)9-19)16(19)15(20)17(24)26-3/h5-6,12,15-16,25H,1,4,7-10H2,2-3H3/t12-,15+,16+,18+,19+,20-,21-/m0/s1. The number of Topliss-reactive ketones (excluding diaryl/α,β-unsaturated/α-hetero) is 1. The van der Waals surface area contributed by atoms with Crippen LogP contribution in [0, 0.1) is 34.0 Å². The van der Waals surface area contributed by atoms with Crippen LogP contribution >= 0.6 is 0 Å². The number of aliphatic hydroxyl groups is 1. The molecule has 1 spiro atoms. The highest BCUT2D eigenvalue weighted by Gasteiger charge is 2.81. The van der Waals surface area contributed by atoms with Crippen LogP contribution in [0.2, 0.25) is 0 Å². The lowest BCUT2D eigenvalue weighted by molar-refractivity contribution is -0.157. The number of ketones is 2. The summed E-state index contributed by atoms with van der Waals surface area (Å²) >= 11 is 0. The van der Waals surface area contributed by atoms with Gasteiger partial charge >= 0.3 is 5.97 Å². The number of esters is 1. The number of carbonyl (C=O) groups excluding carboxylic acids is 3. The van der Waals surface area contributed by atoms with Gasteiger partial charge in [0.05, 0.1) is 24.0 Å². The average Bonchev–Trinajstić information content (AvgIpc) is 3.02. The first-order chi connectivity index (χ1) is 12.2. The summed E-state index contributed by atoms with van der Waals surface area (Å²) in [5.74, 6) is -1.47. The molecule has 0 aromatic carbocycles. The van der Waals surface area contributed by atoms with E-state index in [0.29, 0.717) is 25.7 Å². The number of carbonyl (C=O) groups is 3. The average molecular weight is 356 g/mol. The van der Waals surface area contributed by atoms with Gasteiger partial charge in [-0.2, -0.15) is 0 Å². The molecular formula is C21H24O5. The van der Waals surface area contributed by atoms with Crippen molar-refractivity contribution < 1.29 is 24.2 Å². The summed E-state index contributed by atoms with van der Waals surface area (Å²) in [4.78, 5) is 38.8. The van der Waals surface area contributed by atoms with Gasteiger partial charge in [-0.05, 0) is 55.6 Å². The molecule has 5 rings (SSSR count). The number of allylic oxidation sites excluding steroid dienone is 2. The van der Waals surface area contributed by atoms with E-state index in [4.69, 9.17) is 4.74 Å². The van der Waals surface area contributed by atoms with Gasteiger partial charge in [0.15, 0.2) is 5.78 Å². The number of hydrogen-bond donors (Lipinski definition) is 1. The molecule has 0 amide bonds. The number of hydrogen-bond acceptors (Lipinski definition) is 5. The topological polar surface area (TPSA) is 80.7 Å². The Morgan fingerprint density at radius 3 is 2.77 bits per heavy atom. The van der Waals surface area contributed by atoms with Gasteiger partial charge in [0.1, 0.15) is 5.78 Å². The normalized spacial score (nSPS) is 53.7. The maximum absolute atomic E-state index is 13.0. The molecule has 0 aliphatic heterocycles. The molecule has 1 N–H and O–H groups in total. The van der Waals surface area contributed by atoms with E-state index in [0.717, 1.165) is 12.0 Å². The smallest absolute Gasteiger partial charge is 0.309 e. The quantitative estimate of drug-likeness (QED) is 0.441. The Kier molecular flexibility index (Phi) is 2.77. The summed E-state index contributed by atoms with van der Waals surface area (Å²) in [6.07, 6.45) is 6.19. The lowest BCUT2D eigenvalue weighted by Crippen LogP contribution is -2.48. The summed E-state index contributed by atoms with van der Waals surface area (Å²) in [5.41, 5.74) is -2.28. The molecular weight excluding hydrogens is 332 g/mol. The second-order valence-corrected chi connectivity index (χ2v) is 9.40. The molecule has 0 saturated heterocycles. The fourth-order valence-corrected chi connectivity index (χ4v) is 7.79. The zero-order chi connectivity index (χ0) is 18.7. The third-order valence-corrected chi connectivity index (χ3v) is 8.72. The molecule has 4 fully saturated rings. The molecule has 0 heterocycles. The van der Waals surface area contributed by atoms with Gasteiger partial charge < -0.3 is 9.84 Å². The minimum atomic E-state index is -1.16. The van der Waals surface area contributed by atoms with E-state index in [1.54, 1.807) is 13.0 Å². The predicted molar refractivity (Wildman–Crippen MR) is 91.8 cm³/mol. The van der Waals surface area contributed by atoms with Crippen LogP contribution in [0.1, 0.15) is 39.0 Å². The summed E-state index contributed by atoms with van der Waals surface area (Å²) in [6, 6.07) is 0. The monoisotopic (exact) mass is 356 g/mol. The Bertz CT molecular complexity index is 826. The van der Waals surface area contributed by atoms with Gasteiger partial charge in [-0.15, -0.1) is 0 Å². The fourth-order valence-electron chi connectivity index (χ4n) is 7.79. The SMILES string of the molecule is C=C1C[C@]23C[C@@]1(O)CC[C@H]2[C@@]12C=CC(=O)[C@](C)(C(=O)C1)[C@H]2[C@@H]3C(=O)OC. The van der Waals surface area contributed by atoms with Crippen molar-refractivity contribution >= 4 is 17.5 Å². The third kappa shape index (κ3) is 1.42. The van der Waals surface area contributed by atoms with Crippen molar-refractivity contribution in [3.8, 4) is 0 Å². The number of rotatable bonds is 1. The van der Waals surface area contributed by atoms with Gasteiger partial charge in [-0.3, -0.25) is 14.4 Å². The van der Waals surface area contributed by atoms with Crippen LogP contribution < -0.4 is 0 Å². The van der Waals surface area contributed by atoms with Crippen molar-refractivity contribution in [2.45, 2.75) is 44.6 Å². The Morgan fingerprint density at radius 2 is 2.08 bits per heavy atom. The van der Waals surface area contributed by atoms with Crippen molar-refractivity contribution in [2.75, 3.05) is 7.11 Å². The minimum Gasteiger partial charge on any atom is -0.469 e. The van der Waals surface area contributed by atoms with E-state index in [2.05, 4.69) is 6.58 Å². The second kappa shape index (κ2) is 4.38. The minimum absolute atomic E-state index is 0.0566. The van der Waals surface area contributed by atoms with Crippen LogP contribution in [-0.2, 0) is 19.1 Å². The van der Waals surface area contributed by atoms with Crippen LogP contribution in [0.25, 0.3) is 0 Å². The number of methoxy groups -OCH3 is 1. The van der Waals surface area contributed by atoms with Crippen molar-refractivity contribution in [1.29, 1.82) is 0 Å². The Hall–Kier alpha value is -1.75. The Balaban J connectivity index is 1.79. The van der Waals surface area contributed by atoms with Crippen molar-refractivity contribution in [1.82, 2.24) is 0 Å². The first-order valence-corrected chi connectivity index (χ1v) is 9.41. The predicted octanol–water partition coefficient (Wildman–Crippen LogP) is 1.99. The molecule has 5 aliphatic rings. The molecule has 4 bridgehead atoms. The Morgan fingerprint density at radius 1 is 1.35 bits per heavy atom. The van der Waals surface area contributed by atoms with E-state index < -0.39 is 27.8 Å². The van der Waals surface area contributed by atoms with Gasteiger partial charge in [0.25, 0.3) is 0 Å². The van der Waals surface area contributed by atoms with E-state index in [1.165, 1.54) is 7.11 Å². The van der Waals surface area contributed by atoms with Crippen LogP contribution in [-0.4, -0.2) is 35.4 Å². The van der Waals surface area contributed by atoms with Gasteiger partial charge in [0.2, 0.25) is 0 Å². The summed E-state index contributed by atoms with van der Waals surface area (Å²) < 4.78 is 5.19. The molecule has 0 aromatic heterocycles. The maximum Gasteiger partial charge on any atom is 0.309 e. The van der Waals surface area contributed by atoms with E-state index in [1.807, 2.05) is 6.08 Å². The molecule has 0 aromatic rings. The molecule has 5 heteroatoms. The summed E-state index contributed by atoms with van der Waals surface area (Å²) in [5, 5.41) is 11.1.